The molecule has 0 saturated heterocycles. The lowest BCUT2D eigenvalue weighted by Crippen LogP contribution is -2.23. The van der Waals surface area contributed by atoms with Crippen LogP contribution >= 0.6 is 0 Å². The first-order chi connectivity index (χ1) is 16.3. The Morgan fingerprint density at radius 1 is 1.12 bits per heavy atom. The number of carbonyl (C=O) groups is 1. The molecule has 0 aliphatic heterocycles. The number of nitrogens with zero attached hydrogens (tertiary/aromatic N) is 3. The minimum absolute atomic E-state index is 0.0435. The van der Waals surface area contributed by atoms with Crippen molar-refractivity contribution in [3.05, 3.63) is 59.8 Å². The van der Waals surface area contributed by atoms with Crippen molar-refractivity contribution in [1.82, 2.24) is 19.9 Å². The first-order valence-electron chi connectivity index (χ1n) is 9.83. The molecule has 0 saturated carbocycles. The highest BCUT2D eigenvalue weighted by Crippen LogP contribution is 2.42. The molecule has 1 aromatic carbocycles. The second-order valence-corrected chi connectivity index (χ2v) is 6.99. The molecule has 0 fully saturated rings. The Morgan fingerprint density at radius 3 is 2.38 bits per heavy atom. The van der Waals surface area contributed by atoms with E-state index in [9.17, 15) is 18.0 Å². The highest BCUT2D eigenvalue weighted by Gasteiger charge is 2.36. The summed E-state index contributed by atoms with van der Waals surface area (Å²) < 4.78 is 63.3. The van der Waals surface area contributed by atoms with E-state index < -0.39 is 17.8 Å². The van der Waals surface area contributed by atoms with Crippen LogP contribution in [-0.2, 0) is 12.7 Å². The first-order valence-corrected chi connectivity index (χ1v) is 9.83. The summed E-state index contributed by atoms with van der Waals surface area (Å²) in [4.78, 5) is 17.0. The predicted molar refractivity (Wildman–Crippen MR) is 113 cm³/mol. The van der Waals surface area contributed by atoms with E-state index in [1.807, 2.05) is 0 Å². The van der Waals surface area contributed by atoms with Crippen LogP contribution in [0.25, 0.3) is 16.9 Å². The molecule has 0 aliphatic rings. The van der Waals surface area contributed by atoms with Gasteiger partial charge in [0.05, 0.1) is 46.0 Å². The molecule has 0 unspecified atom stereocenters. The minimum Gasteiger partial charge on any atom is -0.493 e. The monoisotopic (exact) mass is 476 g/mol. The molecule has 178 valence electrons. The summed E-state index contributed by atoms with van der Waals surface area (Å²) in [6.45, 7) is 0.0435. The summed E-state index contributed by atoms with van der Waals surface area (Å²) in [5, 5.41) is 6.35. The van der Waals surface area contributed by atoms with Crippen molar-refractivity contribution in [2.75, 3.05) is 21.3 Å². The molecule has 0 atom stereocenters. The number of amides is 1. The van der Waals surface area contributed by atoms with E-state index >= 15 is 0 Å². The number of hydrogen-bond acceptors (Lipinski definition) is 7. The van der Waals surface area contributed by atoms with Gasteiger partial charge in [-0.2, -0.15) is 18.3 Å². The average Bonchev–Trinajstić information content (AvgIpc) is 3.50. The highest BCUT2D eigenvalue weighted by atomic mass is 19.4. The normalized spacial score (nSPS) is 11.5. The van der Waals surface area contributed by atoms with E-state index in [2.05, 4.69) is 15.4 Å². The molecule has 0 bridgehead atoms. The fourth-order valence-corrected chi connectivity index (χ4v) is 3.38. The highest BCUT2D eigenvalue weighted by molar-refractivity contribution is 5.99. The number of fused-ring (bicyclic) bond motifs is 1. The maximum absolute atomic E-state index is 13.9. The van der Waals surface area contributed by atoms with Gasteiger partial charge in [0.2, 0.25) is 5.75 Å². The molecule has 1 N–H and O–H groups in total. The van der Waals surface area contributed by atoms with Gasteiger partial charge in [0.1, 0.15) is 11.3 Å². The first kappa shape index (κ1) is 23.0. The van der Waals surface area contributed by atoms with Crippen molar-refractivity contribution in [1.29, 1.82) is 0 Å². The number of halogens is 3. The van der Waals surface area contributed by atoms with E-state index in [0.717, 1.165) is 12.3 Å². The number of methoxy groups -OCH3 is 3. The molecule has 34 heavy (non-hydrogen) atoms. The third-order valence-electron chi connectivity index (χ3n) is 4.97. The molecule has 4 aromatic rings. The maximum Gasteiger partial charge on any atom is 0.433 e. The van der Waals surface area contributed by atoms with Gasteiger partial charge in [-0.1, -0.05) is 0 Å². The van der Waals surface area contributed by atoms with Crippen LogP contribution in [0.3, 0.4) is 0 Å². The lowest BCUT2D eigenvalue weighted by Gasteiger charge is -2.15. The SMILES string of the molecule is COc1cc(-c2cc(C(F)(F)F)n3ncc(C(=O)NCc4ccco4)c3n2)cc(OC)c1OC. The molecular formula is C22H19F3N4O5. The average molecular weight is 476 g/mol. The summed E-state index contributed by atoms with van der Waals surface area (Å²) in [5.74, 6) is 0.558. The van der Waals surface area contributed by atoms with Crippen LogP contribution in [0.15, 0.2) is 47.2 Å². The van der Waals surface area contributed by atoms with Crippen molar-refractivity contribution < 1.29 is 36.6 Å². The molecule has 9 nitrogen and oxygen atoms in total. The van der Waals surface area contributed by atoms with E-state index in [4.69, 9.17) is 18.6 Å². The number of benzene rings is 1. The molecule has 0 aliphatic carbocycles. The minimum atomic E-state index is -4.77. The summed E-state index contributed by atoms with van der Waals surface area (Å²) in [5.41, 5.74) is -1.32. The number of aromatic nitrogens is 3. The van der Waals surface area contributed by atoms with Crippen LogP contribution in [0.4, 0.5) is 13.2 Å². The van der Waals surface area contributed by atoms with Crippen LogP contribution in [0.2, 0.25) is 0 Å². The Bertz CT molecular complexity index is 1310. The lowest BCUT2D eigenvalue weighted by atomic mass is 10.1. The number of ether oxygens (including phenoxy) is 3. The van der Waals surface area contributed by atoms with Crippen molar-refractivity contribution in [3.8, 4) is 28.5 Å². The van der Waals surface area contributed by atoms with Gasteiger partial charge < -0.3 is 23.9 Å². The number of nitrogens with one attached hydrogen (secondary N) is 1. The second-order valence-electron chi connectivity index (χ2n) is 6.99. The Morgan fingerprint density at radius 2 is 1.82 bits per heavy atom. The van der Waals surface area contributed by atoms with Crippen molar-refractivity contribution in [2.45, 2.75) is 12.7 Å². The van der Waals surface area contributed by atoms with Gasteiger partial charge in [0, 0.05) is 5.56 Å². The zero-order valence-electron chi connectivity index (χ0n) is 18.3. The van der Waals surface area contributed by atoms with Crippen molar-refractivity contribution in [2.24, 2.45) is 0 Å². The van der Waals surface area contributed by atoms with Crippen molar-refractivity contribution >= 4 is 11.6 Å². The van der Waals surface area contributed by atoms with E-state index in [-0.39, 0.29) is 46.3 Å². The summed E-state index contributed by atoms with van der Waals surface area (Å²) in [6, 6.07) is 7.07. The molecule has 1 amide bonds. The molecular weight excluding hydrogens is 457 g/mol. The zero-order chi connectivity index (χ0) is 24.5. The van der Waals surface area contributed by atoms with Gasteiger partial charge in [-0.3, -0.25) is 4.79 Å². The zero-order valence-corrected chi connectivity index (χ0v) is 18.3. The summed E-state index contributed by atoms with van der Waals surface area (Å²) >= 11 is 0. The fourth-order valence-electron chi connectivity index (χ4n) is 3.38. The lowest BCUT2D eigenvalue weighted by molar-refractivity contribution is -0.142. The Kier molecular flexibility index (Phi) is 6.05. The Balaban J connectivity index is 1.85. The smallest absolute Gasteiger partial charge is 0.433 e. The number of furan rings is 1. The summed E-state index contributed by atoms with van der Waals surface area (Å²) in [6.07, 6.45) is -2.30. The van der Waals surface area contributed by atoms with Gasteiger partial charge in [0.25, 0.3) is 5.91 Å². The van der Waals surface area contributed by atoms with Gasteiger partial charge in [0.15, 0.2) is 22.8 Å². The number of hydrogen-bond donors (Lipinski definition) is 1. The summed E-state index contributed by atoms with van der Waals surface area (Å²) in [7, 11) is 4.18. The van der Waals surface area contributed by atoms with Crippen LogP contribution in [0.5, 0.6) is 17.2 Å². The van der Waals surface area contributed by atoms with E-state index in [1.165, 1.54) is 39.7 Å². The Hall–Kier alpha value is -4.22. The number of alkyl halides is 3. The van der Waals surface area contributed by atoms with Gasteiger partial charge in [-0.25, -0.2) is 9.50 Å². The van der Waals surface area contributed by atoms with Gasteiger partial charge >= 0.3 is 6.18 Å². The number of carbonyl (C=O) groups excluding carboxylic acids is 1. The third-order valence-corrected chi connectivity index (χ3v) is 4.97. The maximum atomic E-state index is 13.9. The van der Waals surface area contributed by atoms with Gasteiger partial charge in [-0.05, 0) is 30.3 Å². The van der Waals surface area contributed by atoms with E-state index in [1.54, 1.807) is 12.1 Å². The van der Waals surface area contributed by atoms with Crippen molar-refractivity contribution in [3.63, 3.8) is 0 Å². The molecule has 3 heterocycles. The third kappa shape index (κ3) is 4.21. The quantitative estimate of drug-likeness (QED) is 0.431. The van der Waals surface area contributed by atoms with Crippen LogP contribution in [-0.4, -0.2) is 41.8 Å². The van der Waals surface area contributed by atoms with Crippen LogP contribution in [0, 0.1) is 0 Å². The van der Waals surface area contributed by atoms with E-state index in [0.29, 0.717) is 10.3 Å². The molecule has 0 radical (unpaired) electrons. The molecule has 12 heteroatoms. The predicted octanol–water partition coefficient (Wildman–Crippen LogP) is 3.96. The topological polar surface area (TPSA) is 100 Å². The molecule has 4 rings (SSSR count). The second kappa shape index (κ2) is 8.96. The molecule has 0 spiro atoms. The standard InChI is InChI=1S/C22H19F3N4O5/c1-31-16-7-12(8-17(32-2)19(16)33-3)15-9-18(22(23,24)25)29-20(28-15)14(11-27-29)21(30)26-10-13-5-4-6-34-13/h4-9,11H,10H2,1-3H3,(H,26,30). The molecule has 3 aromatic heterocycles. The Labute approximate surface area is 191 Å². The largest absolute Gasteiger partial charge is 0.493 e. The number of rotatable bonds is 7. The van der Waals surface area contributed by atoms with Crippen LogP contribution in [0.1, 0.15) is 21.8 Å². The van der Waals surface area contributed by atoms with Gasteiger partial charge in [-0.15, -0.1) is 0 Å². The fraction of sp³-hybridized carbons (Fsp3) is 0.227. The van der Waals surface area contributed by atoms with Crippen LogP contribution < -0.4 is 19.5 Å².